The van der Waals surface area contributed by atoms with Crippen molar-refractivity contribution in [3.8, 4) is 0 Å². The number of rotatable bonds is 8. The van der Waals surface area contributed by atoms with Crippen molar-refractivity contribution in [2.24, 2.45) is 0 Å². The average Bonchev–Trinajstić information content (AvgIpc) is 2.61. The van der Waals surface area contributed by atoms with Gasteiger partial charge in [0.15, 0.2) is 0 Å². The zero-order chi connectivity index (χ0) is 13.2. The fraction of sp³-hybridized carbons (Fsp3) is 0.933. The van der Waals surface area contributed by atoms with E-state index in [2.05, 4.69) is 12.2 Å². The third-order valence-electron chi connectivity index (χ3n) is 3.94. The molecule has 1 rings (SSSR count). The molecular formula is C15H29NO2. The lowest BCUT2D eigenvalue weighted by Crippen LogP contribution is -2.43. The van der Waals surface area contributed by atoms with E-state index in [1.807, 2.05) is 0 Å². The zero-order valence-corrected chi connectivity index (χ0v) is 11.8. The highest BCUT2D eigenvalue weighted by Gasteiger charge is 2.21. The van der Waals surface area contributed by atoms with E-state index in [-0.39, 0.29) is 6.04 Å². The molecule has 0 aromatic rings. The minimum atomic E-state index is -0.671. The van der Waals surface area contributed by atoms with Crippen LogP contribution in [-0.2, 0) is 4.79 Å². The summed E-state index contributed by atoms with van der Waals surface area (Å²) in [6.07, 6.45) is 12.8. The van der Waals surface area contributed by atoms with Crippen molar-refractivity contribution < 1.29 is 9.90 Å². The second kappa shape index (κ2) is 9.37. The molecular weight excluding hydrogens is 226 g/mol. The largest absolute Gasteiger partial charge is 0.480 e. The Morgan fingerprint density at radius 3 is 2.39 bits per heavy atom. The first-order valence-electron chi connectivity index (χ1n) is 7.73. The van der Waals surface area contributed by atoms with Gasteiger partial charge in [-0.25, -0.2) is 0 Å². The van der Waals surface area contributed by atoms with E-state index in [1.165, 1.54) is 38.5 Å². The summed E-state index contributed by atoms with van der Waals surface area (Å²) in [5, 5.41) is 12.6. The van der Waals surface area contributed by atoms with Gasteiger partial charge in [0.05, 0.1) is 0 Å². The maximum Gasteiger partial charge on any atom is 0.320 e. The molecule has 0 bridgehead atoms. The van der Waals surface area contributed by atoms with Crippen LogP contribution in [0, 0.1) is 0 Å². The maximum atomic E-state index is 11.3. The Bertz CT molecular complexity index is 223. The van der Waals surface area contributed by atoms with Crippen LogP contribution in [0.15, 0.2) is 0 Å². The van der Waals surface area contributed by atoms with Crippen LogP contribution in [0.3, 0.4) is 0 Å². The Kier molecular flexibility index (Phi) is 8.06. The summed E-state index contributed by atoms with van der Waals surface area (Å²) in [6, 6.07) is 0.102. The van der Waals surface area contributed by atoms with E-state index in [9.17, 15) is 9.90 Å². The highest BCUT2D eigenvalue weighted by molar-refractivity contribution is 5.73. The minimum Gasteiger partial charge on any atom is -0.480 e. The second-order valence-corrected chi connectivity index (χ2v) is 5.60. The summed E-state index contributed by atoms with van der Waals surface area (Å²) in [6.45, 7) is 2.18. The van der Waals surface area contributed by atoms with Crippen LogP contribution >= 0.6 is 0 Å². The Labute approximate surface area is 111 Å². The van der Waals surface area contributed by atoms with E-state index >= 15 is 0 Å². The van der Waals surface area contributed by atoms with E-state index in [0.717, 1.165) is 32.1 Å². The first kappa shape index (κ1) is 15.5. The van der Waals surface area contributed by atoms with Crippen LogP contribution in [0.25, 0.3) is 0 Å². The molecule has 0 aliphatic heterocycles. The van der Waals surface area contributed by atoms with E-state index in [0.29, 0.717) is 6.04 Å². The summed E-state index contributed by atoms with van der Waals surface area (Å²) >= 11 is 0. The first-order valence-corrected chi connectivity index (χ1v) is 7.73. The lowest BCUT2D eigenvalue weighted by Gasteiger charge is -2.22. The van der Waals surface area contributed by atoms with Gasteiger partial charge in [-0.1, -0.05) is 58.3 Å². The third-order valence-corrected chi connectivity index (χ3v) is 3.94. The summed E-state index contributed by atoms with van der Waals surface area (Å²) < 4.78 is 0. The number of hydrogen-bond donors (Lipinski definition) is 2. The average molecular weight is 255 g/mol. The van der Waals surface area contributed by atoms with Crippen LogP contribution in [0.5, 0.6) is 0 Å². The zero-order valence-electron chi connectivity index (χ0n) is 11.8. The van der Waals surface area contributed by atoms with Gasteiger partial charge in [0.1, 0.15) is 6.04 Å². The number of carboxylic acid groups (broad SMARTS) is 1. The Balaban J connectivity index is 2.29. The van der Waals surface area contributed by atoms with Crippen molar-refractivity contribution in [3.63, 3.8) is 0 Å². The second-order valence-electron chi connectivity index (χ2n) is 5.60. The normalized spacial score (nSPS) is 19.4. The Hall–Kier alpha value is -0.570. The summed E-state index contributed by atoms with van der Waals surface area (Å²) in [7, 11) is 0. The molecule has 0 aromatic heterocycles. The van der Waals surface area contributed by atoms with Gasteiger partial charge in [-0.3, -0.25) is 4.79 Å². The molecule has 1 aliphatic carbocycles. The first-order chi connectivity index (χ1) is 8.74. The molecule has 0 spiro atoms. The van der Waals surface area contributed by atoms with Gasteiger partial charge in [0, 0.05) is 6.04 Å². The van der Waals surface area contributed by atoms with Gasteiger partial charge < -0.3 is 10.4 Å². The number of unbranched alkanes of at least 4 members (excludes halogenated alkanes) is 3. The van der Waals surface area contributed by atoms with Gasteiger partial charge >= 0.3 is 5.97 Å². The molecule has 2 N–H and O–H groups in total. The van der Waals surface area contributed by atoms with E-state index < -0.39 is 5.97 Å². The lowest BCUT2D eigenvalue weighted by atomic mass is 10.0. The summed E-state index contributed by atoms with van der Waals surface area (Å²) in [4.78, 5) is 11.3. The fourth-order valence-electron chi connectivity index (χ4n) is 2.78. The molecule has 0 saturated heterocycles. The van der Waals surface area contributed by atoms with Crippen molar-refractivity contribution >= 4 is 5.97 Å². The van der Waals surface area contributed by atoms with Crippen molar-refractivity contribution in [1.29, 1.82) is 0 Å². The van der Waals surface area contributed by atoms with Crippen molar-refractivity contribution in [2.75, 3.05) is 0 Å². The molecule has 1 unspecified atom stereocenters. The summed E-state index contributed by atoms with van der Waals surface area (Å²) in [5.41, 5.74) is 0. The molecule has 0 heterocycles. The third kappa shape index (κ3) is 6.39. The van der Waals surface area contributed by atoms with Crippen LogP contribution in [0.1, 0.15) is 77.6 Å². The SMILES string of the molecule is CCCCCCC(NC1CCCCCC1)C(=O)O. The van der Waals surface area contributed by atoms with Crippen molar-refractivity contribution in [1.82, 2.24) is 5.32 Å². The monoisotopic (exact) mass is 255 g/mol. The molecule has 106 valence electrons. The fourth-order valence-corrected chi connectivity index (χ4v) is 2.78. The highest BCUT2D eigenvalue weighted by atomic mass is 16.4. The molecule has 1 fully saturated rings. The molecule has 1 atom stereocenters. The van der Waals surface area contributed by atoms with Gasteiger partial charge in [0.25, 0.3) is 0 Å². The molecule has 18 heavy (non-hydrogen) atoms. The van der Waals surface area contributed by atoms with Crippen LogP contribution in [0.4, 0.5) is 0 Å². The molecule has 0 radical (unpaired) electrons. The molecule has 1 saturated carbocycles. The standard InChI is InChI=1S/C15H29NO2/c1-2-3-4-9-12-14(15(17)18)16-13-10-7-5-6-8-11-13/h13-14,16H,2-12H2,1H3,(H,17,18). The van der Waals surface area contributed by atoms with Crippen LogP contribution in [-0.4, -0.2) is 23.2 Å². The molecule has 0 amide bonds. The molecule has 1 aliphatic rings. The highest BCUT2D eigenvalue weighted by Crippen LogP contribution is 2.18. The summed E-state index contributed by atoms with van der Waals surface area (Å²) in [5.74, 6) is -0.671. The number of hydrogen-bond acceptors (Lipinski definition) is 2. The van der Waals surface area contributed by atoms with Gasteiger partial charge in [0.2, 0.25) is 0 Å². The molecule has 0 aromatic carbocycles. The van der Waals surface area contributed by atoms with Crippen molar-refractivity contribution in [2.45, 2.75) is 89.6 Å². The van der Waals surface area contributed by atoms with Gasteiger partial charge in [-0.05, 0) is 19.3 Å². The maximum absolute atomic E-state index is 11.3. The minimum absolute atomic E-state index is 0.329. The van der Waals surface area contributed by atoms with Crippen LogP contribution < -0.4 is 5.32 Å². The van der Waals surface area contributed by atoms with Crippen LogP contribution in [0.2, 0.25) is 0 Å². The quantitative estimate of drug-likeness (QED) is 0.513. The number of aliphatic carboxylic acids is 1. The predicted octanol–water partition coefficient (Wildman–Crippen LogP) is 3.72. The van der Waals surface area contributed by atoms with E-state index in [1.54, 1.807) is 0 Å². The predicted molar refractivity (Wildman–Crippen MR) is 74.8 cm³/mol. The molecule has 3 heteroatoms. The number of nitrogens with one attached hydrogen (secondary N) is 1. The van der Waals surface area contributed by atoms with Gasteiger partial charge in [-0.2, -0.15) is 0 Å². The van der Waals surface area contributed by atoms with Crippen molar-refractivity contribution in [3.05, 3.63) is 0 Å². The number of carbonyl (C=O) groups is 1. The smallest absolute Gasteiger partial charge is 0.320 e. The Morgan fingerprint density at radius 2 is 1.83 bits per heavy atom. The Morgan fingerprint density at radius 1 is 1.17 bits per heavy atom. The van der Waals surface area contributed by atoms with Gasteiger partial charge in [-0.15, -0.1) is 0 Å². The lowest BCUT2D eigenvalue weighted by molar-refractivity contribution is -0.140. The topological polar surface area (TPSA) is 49.3 Å². The van der Waals surface area contributed by atoms with E-state index in [4.69, 9.17) is 0 Å². The number of carboxylic acids is 1. The molecule has 3 nitrogen and oxygen atoms in total.